The summed E-state index contributed by atoms with van der Waals surface area (Å²) in [6.45, 7) is 9.34. The molecule has 0 spiro atoms. The van der Waals surface area contributed by atoms with Crippen LogP contribution in [0.25, 0.3) is 10.2 Å². The van der Waals surface area contributed by atoms with Crippen molar-refractivity contribution in [3.05, 3.63) is 23.8 Å². The molecule has 25 heavy (non-hydrogen) atoms. The third-order valence-electron chi connectivity index (χ3n) is 4.90. The van der Waals surface area contributed by atoms with Crippen LogP contribution in [-0.4, -0.2) is 34.8 Å². The maximum Gasteiger partial charge on any atom is 0.233 e. The molecule has 1 fully saturated rings. The van der Waals surface area contributed by atoms with Crippen LogP contribution in [0.1, 0.15) is 39.2 Å². The molecule has 1 saturated heterocycles. The van der Waals surface area contributed by atoms with Gasteiger partial charge in [0.1, 0.15) is 0 Å². The van der Waals surface area contributed by atoms with Gasteiger partial charge >= 0.3 is 0 Å². The van der Waals surface area contributed by atoms with Gasteiger partial charge < -0.3 is 5.32 Å². The Kier molecular flexibility index (Phi) is 5.66. The van der Waals surface area contributed by atoms with E-state index in [-0.39, 0.29) is 11.8 Å². The summed E-state index contributed by atoms with van der Waals surface area (Å²) in [4.78, 5) is 19.3. The molecule has 0 unspecified atom stereocenters. The lowest BCUT2D eigenvalue weighted by Gasteiger charge is -2.30. The van der Waals surface area contributed by atoms with E-state index >= 15 is 0 Å². The molecule has 2 aromatic rings. The molecule has 6 heteroatoms. The van der Waals surface area contributed by atoms with Crippen molar-refractivity contribution in [2.24, 2.45) is 11.3 Å². The van der Waals surface area contributed by atoms with Crippen molar-refractivity contribution >= 4 is 44.2 Å². The predicted octanol–water partition coefficient (Wildman–Crippen LogP) is 4.73. The highest BCUT2D eigenvalue weighted by molar-refractivity contribution is 7.22. The first-order valence-electron chi connectivity index (χ1n) is 8.86. The molecule has 3 rings (SSSR count). The summed E-state index contributed by atoms with van der Waals surface area (Å²) < 4.78 is 1.11. The summed E-state index contributed by atoms with van der Waals surface area (Å²) >= 11 is 7.40. The molecule has 1 N–H and O–H groups in total. The number of carbonyl (C=O) groups is 1. The third-order valence-corrected chi connectivity index (χ3v) is 6.51. The molecule has 1 aliphatic rings. The average molecular weight is 380 g/mol. The Hall–Kier alpha value is -1.17. The summed E-state index contributed by atoms with van der Waals surface area (Å²) in [5.41, 5.74) is 1.64. The van der Waals surface area contributed by atoms with E-state index in [0.717, 1.165) is 22.7 Å². The molecular formula is C19H26ClN3OS. The number of fused-ring (bicyclic) bond motifs is 1. The minimum atomic E-state index is -0.601. The van der Waals surface area contributed by atoms with E-state index in [1.54, 1.807) is 0 Å². The predicted molar refractivity (Wildman–Crippen MR) is 106 cm³/mol. The smallest absolute Gasteiger partial charge is 0.233 e. The zero-order chi connectivity index (χ0) is 18.0. The number of piperidine rings is 1. The van der Waals surface area contributed by atoms with Crippen molar-refractivity contribution in [2.75, 3.05) is 24.3 Å². The van der Waals surface area contributed by atoms with Gasteiger partial charge in [-0.1, -0.05) is 24.3 Å². The normalized spacial score (nSPS) is 17.1. The summed E-state index contributed by atoms with van der Waals surface area (Å²) in [5.74, 6) is 1.04. The number of aromatic nitrogens is 1. The average Bonchev–Trinajstić information content (AvgIpc) is 2.98. The lowest BCUT2D eigenvalue weighted by atomic mass is 9.95. The molecule has 0 aliphatic carbocycles. The number of alkyl halides is 1. The number of likely N-dealkylation sites (tertiary alicyclic amines) is 1. The molecule has 1 aliphatic heterocycles. The Morgan fingerprint density at radius 3 is 2.80 bits per heavy atom. The Morgan fingerprint density at radius 2 is 2.12 bits per heavy atom. The molecule has 2 heterocycles. The lowest BCUT2D eigenvalue weighted by Crippen LogP contribution is -2.32. The molecule has 0 radical (unpaired) electrons. The van der Waals surface area contributed by atoms with Gasteiger partial charge in [-0.3, -0.25) is 9.69 Å². The Labute approximate surface area is 158 Å². The molecule has 1 amide bonds. The van der Waals surface area contributed by atoms with E-state index in [9.17, 15) is 4.79 Å². The molecule has 1 aromatic heterocycles. The molecule has 1 aromatic carbocycles. The van der Waals surface area contributed by atoms with Gasteiger partial charge in [0, 0.05) is 12.4 Å². The highest BCUT2D eigenvalue weighted by atomic mass is 35.5. The van der Waals surface area contributed by atoms with Crippen LogP contribution in [0.2, 0.25) is 0 Å². The summed E-state index contributed by atoms with van der Waals surface area (Å²) in [6, 6.07) is 6.40. The van der Waals surface area contributed by atoms with Gasteiger partial charge in [0.15, 0.2) is 5.13 Å². The summed E-state index contributed by atoms with van der Waals surface area (Å²) in [7, 11) is 0. The van der Waals surface area contributed by atoms with Gasteiger partial charge in [-0.05, 0) is 63.4 Å². The monoisotopic (exact) mass is 379 g/mol. The van der Waals surface area contributed by atoms with Crippen molar-refractivity contribution in [3.63, 3.8) is 0 Å². The van der Waals surface area contributed by atoms with Crippen molar-refractivity contribution in [1.82, 2.24) is 9.88 Å². The Morgan fingerprint density at radius 1 is 1.40 bits per heavy atom. The number of rotatable bonds is 5. The van der Waals surface area contributed by atoms with Crippen LogP contribution in [0.15, 0.2) is 18.2 Å². The number of carbonyl (C=O) groups excluding carboxylic acids is 1. The van der Waals surface area contributed by atoms with Gasteiger partial charge in [-0.15, -0.1) is 11.6 Å². The van der Waals surface area contributed by atoms with Crippen LogP contribution in [0.4, 0.5) is 5.13 Å². The number of amides is 1. The highest BCUT2D eigenvalue weighted by Crippen LogP contribution is 2.29. The standard InChI is InChI=1S/C19H26ClN3OS/c1-13-6-8-23(9-7-13)11-14-4-5-15-16(10-14)25-18(21-15)22-17(24)19(2,3)12-20/h4-5,10,13H,6-9,11-12H2,1-3H3,(H,21,22,24). The quantitative estimate of drug-likeness (QED) is 0.763. The summed E-state index contributed by atoms with van der Waals surface area (Å²) in [5, 5.41) is 3.54. The maximum atomic E-state index is 12.3. The first-order valence-corrected chi connectivity index (χ1v) is 10.2. The van der Waals surface area contributed by atoms with Crippen LogP contribution in [0.3, 0.4) is 0 Å². The minimum absolute atomic E-state index is 0.0933. The van der Waals surface area contributed by atoms with E-state index in [1.807, 2.05) is 13.8 Å². The van der Waals surface area contributed by atoms with Gasteiger partial charge in [0.25, 0.3) is 0 Å². The topological polar surface area (TPSA) is 45.2 Å². The van der Waals surface area contributed by atoms with Crippen molar-refractivity contribution in [2.45, 2.75) is 40.2 Å². The number of hydrogen-bond acceptors (Lipinski definition) is 4. The molecular weight excluding hydrogens is 354 g/mol. The van der Waals surface area contributed by atoms with Crippen molar-refractivity contribution in [3.8, 4) is 0 Å². The zero-order valence-corrected chi connectivity index (χ0v) is 16.7. The highest BCUT2D eigenvalue weighted by Gasteiger charge is 2.27. The fourth-order valence-corrected chi connectivity index (χ4v) is 3.97. The number of thiazole rings is 1. The maximum absolute atomic E-state index is 12.3. The fraction of sp³-hybridized carbons (Fsp3) is 0.579. The van der Waals surface area contributed by atoms with E-state index in [0.29, 0.717) is 5.13 Å². The van der Waals surface area contributed by atoms with Gasteiger partial charge in [-0.25, -0.2) is 4.98 Å². The lowest BCUT2D eigenvalue weighted by molar-refractivity contribution is -0.122. The van der Waals surface area contributed by atoms with E-state index in [2.05, 4.69) is 40.3 Å². The number of benzene rings is 1. The van der Waals surface area contributed by atoms with Crippen LogP contribution in [0.5, 0.6) is 0 Å². The number of anilines is 1. The van der Waals surface area contributed by atoms with Crippen LogP contribution in [0, 0.1) is 11.3 Å². The van der Waals surface area contributed by atoms with E-state index in [1.165, 1.54) is 42.8 Å². The first-order chi connectivity index (χ1) is 11.9. The van der Waals surface area contributed by atoms with Gasteiger partial charge in [0.2, 0.25) is 5.91 Å². The summed E-state index contributed by atoms with van der Waals surface area (Å²) in [6.07, 6.45) is 2.57. The SMILES string of the molecule is CC1CCN(Cc2ccc3nc(NC(=O)C(C)(C)CCl)sc3c2)CC1. The molecule has 136 valence electrons. The first kappa shape index (κ1) is 18.6. The van der Waals surface area contributed by atoms with Crippen molar-refractivity contribution < 1.29 is 4.79 Å². The zero-order valence-electron chi connectivity index (χ0n) is 15.1. The second kappa shape index (κ2) is 7.60. The number of nitrogens with zero attached hydrogens (tertiary/aromatic N) is 2. The molecule has 4 nitrogen and oxygen atoms in total. The van der Waals surface area contributed by atoms with Crippen molar-refractivity contribution in [1.29, 1.82) is 0 Å². The Bertz CT molecular complexity index is 750. The molecule has 0 saturated carbocycles. The second-order valence-corrected chi connectivity index (χ2v) is 9.05. The van der Waals surface area contributed by atoms with Crippen LogP contribution in [-0.2, 0) is 11.3 Å². The second-order valence-electron chi connectivity index (χ2n) is 7.75. The molecule has 0 bridgehead atoms. The largest absolute Gasteiger partial charge is 0.301 e. The van der Waals surface area contributed by atoms with Crippen LogP contribution < -0.4 is 5.32 Å². The van der Waals surface area contributed by atoms with Gasteiger partial charge in [-0.2, -0.15) is 0 Å². The number of hydrogen-bond donors (Lipinski definition) is 1. The third kappa shape index (κ3) is 4.52. The fourth-order valence-electron chi connectivity index (χ4n) is 2.93. The molecule has 0 atom stereocenters. The minimum Gasteiger partial charge on any atom is -0.301 e. The number of nitrogens with one attached hydrogen (secondary N) is 1. The number of halogens is 1. The van der Waals surface area contributed by atoms with E-state index in [4.69, 9.17) is 11.6 Å². The van der Waals surface area contributed by atoms with Crippen LogP contribution >= 0.6 is 22.9 Å². The Balaban J connectivity index is 1.70. The van der Waals surface area contributed by atoms with Gasteiger partial charge in [0.05, 0.1) is 15.6 Å². The van der Waals surface area contributed by atoms with E-state index < -0.39 is 5.41 Å².